The summed E-state index contributed by atoms with van der Waals surface area (Å²) in [5, 5.41) is 3.68. The molecule has 64 valence electrons. The molecule has 1 saturated carbocycles. The van der Waals surface area contributed by atoms with Gasteiger partial charge in [-0.2, -0.15) is 0 Å². The highest BCUT2D eigenvalue weighted by molar-refractivity contribution is 5.02. The Balaban J connectivity index is 2.19. The zero-order valence-electron chi connectivity index (χ0n) is 7.91. The van der Waals surface area contributed by atoms with Gasteiger partial charge in [-0.05, 0) is 37.5 Å². The zero-order chi connectivity index (χ0) is 8.11. The first-order valence-corrected chi connectivity index (χ1v) is 4.77. The Kier molecular flexibility index (Phi) is 1.39. The molecule has 1 heterocycles. The molecule has 0 amide bonds. The molecule has 11 heavy (non-hydrogen) atoms. The van der Waals surface area contributed by atoms with Crippen molar-refractivity contribution in [1.82, 2.24) is 5.32 Å². The van der Waals surface area contributed by atoms with E-state index in [0.717, 1.165) is 5.92 Å². The van der Waals surface area contributed by atoms with Crippen LogP contribution in [0, 0.1) is 11.3 Å². The van der Waals surface area contributed by atoms with Crippen LogP contribution in [-0.4, -0.2) is 12.1 Å². The first kappa shape index (κ1) is 7.60. The Labute approximate surface area is 69.6 Å². The van der Waals surface area contributed by atoms with Crippen LogP contribution in [0.1, 0.15) is 40.0 Å². The predicted molar refractivity (Wildman–Crippen MR) is 47.5 cm³/mol. The molecule has 2 rings (SSSR count). The minimum absolute atomic E-state index is 0.500. The second-order valence-electron chi connectivity index (χ2n) is 5.34. The maximum absolute atomic E-state index is 3.68. The van der Waals surface area contributed by atoms with Crippen LogP contribution in [-0.2, 0) is 0 Å². The van der Waals surface area contributed by atoms with Gasteiger partial charge in [-0.1, -0.05) is 13.8 Å². The minimum atomic E-state index is 0.500. The van der Waals surface area contributed by atoms with Crippen molar-refractivity contribution < 1.29 is 0 Å². The van der Waals surface area contributed by atoms with E-state index >= 15 is 0 Å². The smallest absolute Gasteiger partial charge is 0.0156 e. The lowest BCUT2D eigenvalue weighted by Gasteiger charge is -2.41. The van der Waals surface area contributed by atoms with E-state index in [2.05, 4.69) is 26.1 Å². The fourth-order valence-electron chi connectivity index (χ4n) is 2.65. The number of fused-ring (bicyclic) bond motifs is 2. The van der Waals surface area contributed by atoms with Crippen LogP contribution in [0.5, 0.6) is 0 Å². The van der Waals surface area contributed by atoms with Gasteiger partial charge in [-0.3, -0.25) is 0 Å². The quantitative estimate of drug-likeness (QED) is 0.562. The number of hydrogen-bond donors (Lipinski definition) is 1. The molecule has 0 aromatic rings. The van der Waals surface area contributed by atoms with Gasteiger partial charge in [-0.25, -0.2) is 0 Å². The summed E-state index contributed by atoms with van der Waals surface area (Å²) in [5.74, 6) is 0.980. The number of nitrogens with one attached hydrogen (secondary N) is 1. The van der Waals surface area contributed by atoms with Crippen molar-refractivity contribution in [2.75, 3.05) is 6.54 Å². The van der Waals surface area contributed by atoms with Crippen molar-refractivity contribution in [3.8, 4) is 0 Å². The van der Waals surface area contributed by atoms with Crippen molar-refractivity contribution >= 4 is 0 Å². The lowest BCUT2D eigenvalue weighted by Crippen LogP contribution is -2.50. The summed E-state index contributed by atoms with van der Waals surface area (Å²) in [6.07, 6.45) is 4.23. The summed E-state index contributed by atoms with van der Waals surface area (Å²) in [7, 11) is 0. The summed E-state index contributed by atoms with van der Waals surface area (Å²) in [6, 6.07) is 0. The highest BCUT2D eigenvalue weighted by Crippen LogP contribution is 2.47. The van der Waals surface area contributed by atoms with Gasteiger partial charge >= 0.3 is 0 Å². The minimum Gasteiger partial charge on any atom is -0.311 e. The summed E-state index contributed by atoms with van der Waals surface area (Å²) in [5.41, 5.74) is 1.05. The number of hydrogen-bond acceptors (Lipinski definition) is 1. The van der Waals surface area contributed by atoms with Crippen molar-refractivity contribution in [2.45, 2.75) is 45.6 Å². The van der Waals surface area contributed by atoms with Gasteiger partial charge in [0.15, 0.2) is 0 Å². The Morgan fingerprint density at radius 2 is 2.00 bits per heavy atom. The van der Waals surface area contributed by atoms with Crippen LogP contribution < -0.4 is 5.32 Å². The first-order chi connectivity index (χ1) is 5.02. The van der Waals surface area contributed by atoms with Crippen LogP contribution in [0.25, 0.3) is 0 Å². The standard InChI is InChI=1S/C10H19N/c1-9(2)7-11-10(3)5-4-8(9)6-10/h8,11H,4-7H2,1-3H3/t8-,10?/m0/s1. The molecule has 1 unspecified atom stereocenters. The Morgan fingerprint density at radius 1 is 1.27 bits per heavy atom. The van der Waals surface area contributed by atoms with Gasteiger partial charge in [0.2, 0.25) is 0 Å². The topological polar surface area (TPSA) is 12.0 Å². The lowest BCUT2D eigenvalue weighted by molar-refractivity contribution is 0.138. The molecule has 2 bridgehead atoms. The normalized spacial score (nSPS) is 47.7. The highest BCUT2D eigenvalue weighted by atomic mass is 15.0. The zero-order valence-corrected chi connectivity index (χ0v) is 7.91. The molecule has 1 aliphatic carbocycles. The second-order valence-corrected chi connectivity index (χ2v) is 5.34. The SMILES string of the molecule is CC12CC[C@@H](C1)C(C)(C)CN2. The van der Waals surface area contributed by atoms with E-state index in [1.807, 2.05) is 0 Å². The van der Waals surface area contributed by atoms with Crippen molar-refractivity contribution in [2.24, 2.45) is 11.3 Å². The van der Waals surface area contributed by atoms with E-state index in [4.69, 9.17) is 0 Å². The fourth-order valence-corrected chi connectivity index (χ4v) is 2.65. The number of piperidine rings is 1. The van der Waals surface area contributed by atoms with Crippen LogP contribution in [0.2, 0.25) is 0 Å². The van der Waals surface area contributed by atoms with E-state index in [1.54, 1.807) is 0 Å². The summed E-state index contributed by atoms with van der Waals surface area (Å²) in [4.78, 5) is 0. The molecule has 2 atom stereocenters. The van der Waals surface area contributed by atoms with Crippen LogP contribution >= 0.6 is 0 Å². The van der Waals surface area contributed by atoms with E-state index in [0.29, 0.717) is 11.0 Å². The molecule has 2 aliphatic rings. The van der Waals surface area contributed by atoms with Crippen LogP contribution in [0.15, 0.2) is 0 Å². The number of rotatable bonds is 0. The van der Waals surface area contributed by atoms with Gasteiger partial charge in [-0.15, -0.1) is 0 Å². The molecular formula is C10H19N. The highest BCUT2D eigenvalue weighted by Gasteiger charge is 2.46. The maximum atomic E-state index is 3.68. The Hall–Kier alpha value is -0.0400. The molecule has 1 aliphatic heterocycles. The third kappa shape index (κ3) is 1.10. The summed E-state index contributed by atoms with van der Waals surface area (Å²) in [6.45, 7) is 8.39. The van der Waals surface area contributed by atoms with Gasteiger partial charge < -0.3 is 5.32 Å². The summed E-state index contributed by atoms with van der Waals surface area (Å²) < 4.78 is 0. The third-order valence-corrected chi connectivity index (χ3v) is 3.82. The molecule has 0 aromatic heterocycles. The second kappa shape index (κ2) is 2.01. The van der Waals surface area contributed by atoms with Crippen LogP contribution in [0.4, 0.5) is 0 Å². The predicted octanol–water partition coefficient (Wildman–Crippen LogP) is 2.17. The van der Waals surface area contributed by atoms with Gasteiger partial charge in [0.05, 0.1) is 0 Å². The lowest BCUT2D eigenvalue weighted by atomic mass is 9.74. The molecule has 0 radical (unpaired) electrons. The molecule has 1 nitrogen and oxygen atoms in total. The third-order valence-electron chi connectivity index (χ3n) is 3.82. The van der Waals surface area contributed by atoms with E-state index in [-0.39, 0.29) is 0 Å². The van der Waals surface area contributed by atoms with Gasteiger partial charge in [0, 0.05) is 12.1 Å². The average molecular weight is 153 g/mol. The molecular weight excluding hydrogens is 134 g/mol. The van der Waals surface area contributed by atoms with Crippen LogP contribution in [0.3, 0.4) is 0 Å². The van der Waals surface area contributed by atoms with E-state index in [9.17, 15) is 0 Å². The molecule has 1 heteroatoms. The maximum Gasteiger partial charge on any atom is 0.0156 e. The largest absolute Gasteiger partial charge is 0.311 e. The molecule has 1 saturated heterocycles. The van der Waals surface area contributed by atoms with E-state index in [1.165, 1.54) is 25.8 Å². The first-order valence-electron chi connectivity index (χ1n) is 4.77. The van der Waals surface area contributed by atoms with Crippen molar-refractivity contribution in [1.29, 1.82) is 0 Å². The van der Waals surface area contributed by atoms with E-state index < -0.39 is 0 Å². The Bertz CT molecular complexity index is 174. The van der Waals surface area contributed by atoms with Gasteiger partial charge in [0.25, 0.3) is 0 Å². The molecule has 0 spiro atoms. The molecule has 2 fully saturated rings. The Morgan fingerprint density at radius 3 is 2.64 bits per heavy atom. The monoisotopic (exact) mass is 153 g/mol. The van der Waals surface area contributed by atoms with Crippen molar-refractivity contribution in [3.05, 3.63) is 0 Å². The fraction of sp³-hybridized carbons (Fsp3) is 1.00. The molecule has 0 aromatic carbocycles. The van der Waals surface area contributed by atoms with Crippen molar-refractivity contribution in [3.63, 3.8) is 0 Å². The molecule has 1 N–H and O–H groups in total. The summed E-state index contributed by atoms with van der Waals surface area (Å²) >= 11 is 0. The van der Waals surface area contributed by atoms with Gasteiger partial charge in [0.1, 0.15) is 0 Å². The average Bonchev–Trinajstić information content (AvgIpc) is 2.25.